The van der Waals surface area contributed by atoms with Gasteiger partial charge in [0.15, 0.2) is 0 Å². The van der Waals surface area contributed by atoms with Crippen LogP contribution in [0.2, 0.25) is 0 Å². The van der Waals surface area contributed by atoms with Gasteiger partial charge in [-0.25, -0.2) is 0 Å². The maximum Gasteiger partial charge on any atom is 0.0919 e. The zero-order valence-electron chi connectivity index (χ0n) is 15.6. The van der Waals surface area contributed by atoms with Gasteiger partial charge in [0.25, 0.3) is 0 Å². The van der Waals surface area contributed by atoms with Gasteiger partial charge in [-0.3, -0.25) is 0 Å². The number of rotatable bonds is 1. The van der Waals surface area contributed by atoms with E-state index in [1.807, 2.05) is 0 Å². The third kappa shape index (κ3) is 1.95. The van der Waals surface area contributed by atoms with Crippen LogP contribution in [0, 0.1) is 40.4 Å². The summed E-state index contributed by atoms with van der Waals surface area (Å²) in [6.45, 7) is 8.89. The van der Waals surface area contributed by atoms with E-state index in [2.05, 4.69) is 20.8 Å². The van der Waals surface area contributed by atoms with Crippen LogP contribution in [0.25, 0.3) is 0 Å². The fourth-order valence-electron chi connectivity index (χ4n) is 8.45. The van der Waals surface area contributed by atoms with Crippen molar-refractivity contribution in [1.82, 2.24) is 0 Å². The van der Waals surface area contributed by atoms with Crippen LogP contribution in [-0.2, 0) is 4.74 Å². The molecule has 5 rings (SSSR count). The minimum Gasteiger partial charge on any atom is -0.370 e. The van der Waals surface area contributed by atoms with E-state index in [9.17, 15) is 0 Å². The predicted molar refractivity (Wildman–Crippen MR) is 94.2 cm³/mol. The Bertz CT molecular complexity index is 494. The molecule has 0 aromatic heterocycles. The van der Waals surface area contributed by atoms with Crippen LogP contribution >= 0.6 is 0 Å². The molecule has 130 valence electrons. The summed E-state index contributed by atoms with van der Waals surface area (Å²) < 4.78 is 5.88. The summed E-state index contributed by atoms with van der Waals surface area (Å²) in [6, 6.07) is 0. The molecule has 1 nitrogen and oxygen atoms in total. The van der Waals surface area contributed by atoms with Crippen molar-refractivity contribution in [1.29, 1.82) is 0 Å². The summed E-state index contributed by atoms with van der Waals surface area (Å²) in [4.78, 5) is 0. The third-order valence-electron chi connectivity index (χ3n) is 10.0. The molecule has 1 saturated heterocycles. The first-order valence-corrected chi connectivity index (χ1v) is 10.6. The van der Waals surface area contributed by atoms with Gasteiger partial charge in [0.05, 0.1) is 12.2 Å². The number of hydrogen-bond donors (Lipinski definition) is 0. The molecule has 1 spiro atoms. The van der Waals surface area contributed by atoms with Crippen LogP contribution < -0.4 is 0 Å². The molecule has 8 atom stereocenters. The van der Waals surface area contributed by atoms with E-state index in [1.54, 1.807) is 6.42 Å². The summed E-state index contributed by atoms with van der Waals surface area (Å²) in [5.41, 5.74) is 1.70. The Morgan fingerprint density at radius 2 is 1.65 bits per heavy atom. The Hall–Kier alpha value is -0.0400. The van der Waals surface area contributed by atoms with Crippen LogP contribution in [0.5, 0.6) is 0 Å². The van der Waals surface area contributed by atoms with Gasteiger partial charge in [-0.1, -0.05) is 27.2 Å². The molecule has 0 aromatic carbocycles. The average molecular weight is 317 g/mol. The molecule has 1 aliphatic heterocycles. The first kappa shape index (κ1) is 15.2. The lowest BCUT2D eigenvalue weighted by atomic mass is 9.44. The van der Waals surface area contributed by atoms with E-state index in [0.717, 1.165) is 36.2 Å². The van der Waals surface area contributed by atoms with Crippen LogP contribution in [0.3, 0.4) is 0 Å². The summed E-state index contributed by atoms with van der Waals surface area (Å²) in [7, 11) is 0. The van der Waals surface area contributed by atoms with E-state index < -0.39 is 0 Å². The molecule has 0 N–H and O–H groups in total. The summed E-state index contributed by atoms with van der Waals surface area (Å²) in [5.74, 6) is 5.13. The number of hydrogen-bond acceptors (Lipinski definition) is 1. The SMILES string of the molecule is CC[C@H]1CC[C@H]2[C@@H]3CC[C@H]4C[C@]5(CC[C@]4(C)[C@H]3CC[C@]12C)CO5. The van der Waals surface area contributed by atoms with Crippen molar-refractivity contribution in [2.45, 2.75) is 90.6 Å². The lowest BCUT2D eigenvalue weighted by Gasteiger charge is -2.61. The normalized spacial score (nSPS) is 60.9. The van der Waals surface area contributed by atoms with Gasteiger partial charge in [-0.15, -0.1) is 0 Å². The quantitative estimate of drug-likeness (QED) is 0.555. The largest absolute Gasteiger partial charge is 0.370 e. The Kier molecular flexibility index (Phi) is 3.16. The number of fused-ring (bicyclic) bond motifs is 5. The maximum absolute atomic E-state index is 5.88. The maximum atomic E-state index is 5.88. The summed E-state index contributed by atoms with van der Waals surface area (Å²) in [6.07, 6.45) is 14.8. The van der Waals surface area contributed by atoms with Crippen molar-refractivity contribution in [3.05, 3.63) is 0 Å². The van der Waals surface area contributed by atoms with E-state index in [-0.39, 0.29) is 0 Å². The average Bonchev–Trinajstić information content (AvgIpc) is 3.20. The van der Waals surface area contributed by atoms with Crippen molar-refractivity contribution >= 4 is 0 Å². The summed E-state index contributed by atoms with van der Waals surface area (Å²) in [5, 5.41) is 0. The molecular weight excluding hydrogens is 280 g/mol. The van der Waals surface area contributed by atoms with Gasteiger partial charge in [0.2, 0.25) is 0 Å². The van der Waals surface area contributed by atoms with Crippen molar-refractivity contribution in [2.75, 3.05) is 6.61 Å². The molecule has 0 unspecified atom stereocenters. The Balaban J connectivity index is 1.42. The van der Waals surface area contributed by atoms with Gasteiger partial charge in [0, 0.05) is 0 Å². The van der Waals surface area contributed by atoms with Gasteiger partial charge in [-0.2, -0.15) is 0 Å². The predicted octanol–water partition coefficient (Wildman–Crippen LogP) is 5.82. The molecule has 1 heterocycles. The Labute approximate surface area is 142 Å². The van der Waals surface area contributed by atoms with Gasteiger partial charge >= 0.3 is 0 Å². The van der Waals surface area contributed by atoms with Gasteiger partial charge in [-0.05, 0) is 98.2 Å². The van der Waals surface area contributed by atoms with Crippen LogP contribution in [-0.4, -0.2) is 12.2 Å². The second-order valence-electron chi connectivity index (χ2n) is 10.6. The number of epoxide rings is 1. The van der Waals surface area contributed by atoms with Crippen molar-refractivity contribution in [2.24, 2.45) is 40.4 Å². The summed E-state index contributed by atoms with van der Waals surface area (Å²) >= 11 is 0. The third-order valence-corrected chi connectivity index (χ3v) is 10.0. The monoisotopic (exact) mass is 316 g/mol. The lowest BCUT2D eigenvalue weighted by Crippen LogP contribution is -2.54. The second kappa shape index (κ2) is 4.77. The standard InChI is InChI=1S/C22H36O/c1-4-15-6-8-18-17-7-5-16-13-22(14-23-22)12-11-21(16,3)19(17)9-10-20(15,18)2/h15-19H,4-14H2,1-3H3/t15-,16-,17-,18-,19-,20+,21-,22+/m0/s1. The van der Waals surface area contributed by atoms with Gasteiger partial charge < -0.3 is 4.74 Å². The highest BCUT2D eigenvalue weighted by Gasteiger charge is 2.62. The van der Waals surface area contributed by atoms with Gasteiger partial charge in [0.1, 0.15) is 0 Å². The fraction of sp³-hybridized carbons (Fsp3) is 1.00. The van der Waals surface area contributed by atoms with Crippen molar-refractivity contribution < 1.29 is 4.74 Å². The molecule has 0 aromatic rings. The zero-order chi connectivity index (χ0) is 15.9. The highest BCUT2D eigenvalue weighted by molar-refractivity contribution is 5.12. The zero-order valence-corrected chi connectivity index (χ0v) is 15.6. The molecule has 0 radical (unpaired) electrons. The van der Waals surface area contributed by atoms with Crippen LogP contribution in [0.4, 0.5) is 0 Å². The number of ether oxygens (including phenoxy) is 1. The second-order valence-corrected chi connectivity index (χ2v) is 10.6. The molecule has 4 aliphatic carbocycles. The molecule has 5 fully saturated rings. The highest BCUT2D eigenvalue weighted by atomic mass is 16.6. The van der Waals surface area contributed by atoms with E-state index in [0.29, 0.717) is 16.4 Å². The smallest absolute Gasteiger partial charge is 0.0919 e. The molecule has 1 heteroatoms. The molecular formula is C22H36O. The molecule has 23 heavy (non-hydrogen) atoms. The Morgan fingerprint density at radius 3 is 2.39 bits per heavy atom. The molecule has 5 aliphatic rings. The van der Waals surface area contributed by atoms with E-state index in [1.165, 1.54) is 57.8 Å². The van der Waals surface area contributed by atoms with Crippen LogP contribution in [0.1, 0.15) is 85.0 Å². The highest BCUT2D eigenvalue weighted by Crippen LogP contribution is 2.69. The fourth-order valence-corrected chi connectivity index (χ4v) is 8.45. The van der Waals surface area contributed by atoms with E-state index >= 15 is 0 Å². The molecule has 0 bridgehead atoms. The Morgan fingerprint density at radius 1 is 0.870 bits per heavy atom. The molecule has 4 saturated carbocycles. The van der Waals surface area contributed by atoms with Crippen molar-refractivity contribution in [3.8, 4) is 0 Å². The lowest BCUT2D eigenvalue weighted by molar-refractivity contribution is -0.120. The van der Waals surface area contributed by atoms with Crippen LogP contribution in [0.15, 0.2) is 0 Å². The topological polar surface area (TPSA) is 12.5 Å². The van der Waals surface area contributed by atoms with Crippen molar-refractivity contribution in [3.63, 3.8) is 0 Å². The van der Waals surface area contributed by atoms with E-state index in [4.69, 9.17) is 4.74 Å². The minimum absolute atomic E-state index is 0.362. The minimum atomic E-state index is 0.362. The first-order valence-electron chi connectivity index (χ1n) is 10.6. The first-order chi connectivity index (χ1) is 11.0. The molecule has 0 amide bonds.